The molecule has 0 saturated carbocycles. The van der Waals surface area contributed by atoms with Gasteiger partial charge in [0.15, 0.2) is 12.2 Å². The second-order valence-electron chi connectivity index (χ2n) is 8.03. The summed E-state index contributed by atoms with van der Waals surface area (Å²) in [6.07, 6.45) is -4.63. The van der Waals surface area contributed by atoms with Crippen LogP contribution in [0.4, 0.5) is 0 Å². The molecule has 1 aliphatic heterocycles. The first-order chi connectivity index (χ1) is 16.6. The van der Waals surface area contributed by atoms with Gasteiger partial charge in [0.25, 0.3) is 0 Å². The lowest BCUT2D eigenvalue weighted by Crippen LogP contribution is -2.63. The number of ether oxygens (including phenoxy) is 4. The highest BCUT2D eigenvalue weighted by Gasteiger charge is 2.52. The summed E-state index contributed by atoms with van der Waals surface area (Å²) in [5, 5.41) is 5.58. The van der Waals surface area contributed by atoms with E-state index in [0.717, 1.165) is 28.7 Å². The zero-order valence-electron chi connectivity index (χ0n) is 19.8. The molecule has 0 unspecified atom stereocenters. The lowest BCUT2D eigenvalue weighted by atomic mass is 9.95. The summed E-state index contributed by atoms with van der Waals surface area (Å²) in [7, 11) is 1.28. The maximum absolute atomic E-state index is 12.9. The number of nitrogens with one attached hydrogen (secondary N) is 2. The number of aromatic nitrogens is 3. The molecule has 1 aromatic heterocycles. The predicted octanol–water partition coefficient (Wildman–Crippen LogP) is -0.643. The van der Waals surface area contributed by atoms with Crippen LogP contribution in [0.2, 0.25) is 0 Å². The van der Waals surface area contributed by atoms with Crippen LogP contribution in [0.1, 0.15) is 32.4 Å². The van der Waals surface area contributed by atoms with Gasteiger partial charge in [-0.25, -0.2) is 23.9 Å². The molecule has 2 aromatic rings. The average Bonchev–Trinajstić information content (AvgIpc) is 3.05. The van der Waals surface area contributed by atoms with E-state index in [1.165, 1.54) is 14.0 Å². The van der Waals surface area contributed by atoms with Crippen molar-refractivity contribution in [3.63, 3.8) is 0 Å². The molecule has 35 heavy (non-hydrogen) atoms. The van der Waals surface area contributed by atoms with Crippen LogP contribution in [0.5, 0.6) is 0 Å². The Bertz CT molecular complexity index is 1170. The fourth-order valence-electron chi connectivity index (χ4n) is 3.86. The van der Waals surface area contributed by atoms with Crippen LogP contribution in [-0.4, -0.2) is 63.4 Å². The number of carbonyl (C=O) groups is 3. The molecule has 2 N–H and O–H groups in total. The molecule has 1 saturated heterocycles. The smallest absolute Gasteiger partial charge is 0.347 e. The molecule has 0 bridgehead atoms. The topological polar surface area (TPSA) is 160 Å². The van der Waals surface area contributed by atoms with Gasteiger partial charge < -0.3 is 18.9 Å². The summed E-state index contributed by atoms with van der Waals surface area (Å²) in [6, 6.07) is 8.12. The summed E-state index contributed by atoms with van der Waals surface area (Å²) >= 11 is 0. The van der Waals surface area contributed by atoms with Crippen LogP contribution >= 0.6 is 0 Å². The van der Waals surface area contributed by atoms with Crippen molar-refractivity contribution < 1.29 is 33.3 Å². The Hall–Kier alpha value is -3.71. The predicted molar refractivity (Wildman–Crippen MR) is 119 cm³/mol. The molecule has 0 spiro atoms. The lowest BCUT2D eigenvalue weighted by molar-refractivity contribution is -0.236. The molecule has 13 nitrogen and oxygen atoms in total. The Kier molecular flexibility index (Phi) is 8.25. The van der Waals surface area contributed by atoms with Crippen molar-refractivity contribution in [3.8, 4) is 0 Å². The van der Waals surface area contributed by atoms with Gasteiger partial charge in [0, 0.05) is 34.4 Å². The maximum atomic E-state index is 12.9. The summed E-state index contributed by atoms with van der Waals surface area (Å²) in [6.45, 7) is 3.47. The van der Waals surface area contributed by atoms with Crippen molar-refractivity contribution in [2.75, 3.05) is 6.61 Å². The number of nitrogens with zero attached hydrogens (tertiary/aromatic N) is 2. The van der Waals surface area contributed by atoms with E-state index in [1.54, 1.807) is 0 Å². The van der Waals surface area contributed by atoms with Gasteiger partial charge in [-0.2, -0.15) is 0 Å². The Morgan fingerprint density at radius 1 is 1.00 bits per heavy atom. The number of hydrogen-bond donors (Lipinski definition) is 2. The van der Waals surface area contributed by atoms with E-state index in [-0.39, 0.29) is 13.2 Å². The molecule has 0 amide bonds. The lowest BCUT2D eigenvalue weighted by Gasteiger charge is -2.45. The summed E-state index contributed by atoms with van der Waals surface area (Å²) in [5.74, 6) is -2.04. The fraction of sp³-hybridized carbons (Fsp3) is 0.500. The quantitative estimate of drug-likeness (QED) is 0.358. The Balaban J connectivity index is 2.08. The van der Waals surface area contributed by atoms with Crippen LogP contribution < -0.4 is 16.7 Å². The first-order valence-corrected chi connectivity index (χ1v) is 10.9. The minimum absolute atomic E-state index is 0.277. The van der Waals surface area contributed by atoms with Crippen LogP contribution in [0.15, 0.2) is 39.9 Å². The van der Waals surface area contributed by atoms with E-state index >= 15 is 0 Å². The van der Waals surface area contributed by atoms with E-state index < -0.39 is 59.9 Å². The van der Waals surface area contributed by atoms with Gasteiger partial charge in [0.2, 0.25) is 0 Å². The molecule has 1 aliphatic rings. The largest absolute Gasteiger partial charge is 0.463 e. The first-order valence-electron chi connectivity index (χ1n) is 10.9. The number of H-pyrrole nitrogens is 1. The number of hydrogen-bond acceptors (Lipinski definition) is 10. The number of esters is 3. The third kappa shape index (κ3) is 6.25. The molecule has 13 heteroatoms. The van der Waals surface area contributed by atoms with Crippen LogP contribution in [-0.2, 0) is 46.9 Å². The third-order valence-corrected chi connectivity index (χ3v) is 5.38. The van der Waals surface area contributed by atoms with Gasteiger partial charge in [-0.1, -0.05) is 30.3 Å². The van der Waals surface area contributed by atoms with E-state index in [0.29, 0.717) is 0 Å². The van der Waals surface area contributed by atoms with Crippen molar-refractivity contribution in [2.24, 2.45) is 7.05 Å². The normalized spacial score (nSPS) is 23.9. The van der Waals surface area contributed by atoms with Gasteiger partial charge in [0.05, 0.1) is 0 Å². The fourth-order valence-corrected chi connectivity index (χ4v) is 3.86. The number of aromatic amines is 1. The number of benzene rings is 1. The highest BCUT2D eigenvalue weighted by atomic mass is 16.6. The van der Waals surface area contributed by atoms with E-state index in [2.05, 4.69) is 10.4 Å². The van der Waals surface area contributed by atoms with Crippen LogP contribution in [0, 0.1) is 0 Å². The van der Waals surface area contributed by atoms with Crippen molar-refractivity contribution in [2.45, 2.75) is 57.9 Å². The zero-order chi connectivity index (χ0) is 25.7. The SMILES string of the molecule is CC(=O)OC[C@H]1O[C@H](NCc2ccccc2)[C@@H](n2[nH]c(=O)n(C)c2=O)[C@@H](OC(C)=O)[C@@H]1OC(C)=O. The molecular weight excluding hydrogens is 464 g/mol. The summed E-state index contributed by atoms with van der Waals surface area (Å²) in [4.78, 5) is 60.5. The third-order valence-electron chi connectivity index (χ3n) is 5.38. The standard InChI is InChI=1S/C22H28N4O9/c1-12(27)32-11-16-18(33-13(2)28)19(34-14(3)29)17(26-22(31)25(4)21(30)24-26)20(35-16)23-10-15-8-6-5-7-9-15/h5-9,16-20,23H,10-11H2,1-4H3,(H,24,30)/t16-,17+,18-,19-,20+/m1/s1. The Morgan fingerprint density at radius 3 is 2.17 bits per heavy atom. The van der Waals surface area contributed by atoms with Gasteiger partial charge in [0.1, 0.15) is 25.0 Å². The molecule has 3 rings (SSSR count). The second kappa shape index (κ2) is 11.1. The molecule has 5 atom stereocenters. The average molecular weight is 492 g/mol. The van der Waals surface area contributed by atoms with Gasteiger partial charge in [-0.3, -0.25) is 19.7 Å². The number of rotatable bonds is 8. The van der Waals surface area contributed by atoms with Gasteiger partial charge in [-0.15, -0.1) is 0 Å². The molecular formula is C22H28N4O9. The minimum atomic E-state index is -1.28. The molecule has 0 aliphatic carbocycles. The highest BCUT2D eigenvalue weighted by molar-refractivity contribution is 5.67. The highest BCUT2D eigenvalue weighted by Crippen LogP contribution is 2.32. The van der Waals surface area contributed by atoms with Crippen LogP contribution in [0.3, 0.4) is 0 Å². The van der Waals surface area contributed by atoms with E-state index in [4.69, 9.17) is 18.9 Å². The van der Waals surface area contributed by atoms with Crippen molar-refractivity contribution in [1.29, 1.82) is 0 Å². The van der Waals surface area contributed by atoms with E-state index in [9.17, 15) is 24.0 Å². The first kappa shape index (κ1) is 25.9. The Labute approximate surface area is 199 Å². The molecule has 1 aromatic carbocycles. The van der Waals surface area contributed by atoms with E-state index in [1.807, 2.05) is 30.3 Å². The zero-order valence-corrected chi connectivity index (χ0v) is 19.8. The minimum Gasteiger partial charge on any atom is -0.463 e. The monoisotopic (exact) mass is 492 g/mol. The van der Waals surface area contributed by atoms with Gasteiger partial charge in [-0.05, 0) is 5.56 Å². The Morgan fingerprint density at radius 2 is 1.63 bits per heavy atom. The van der Waals surface area contributed by atoms with Crippen molar-refractivity contribution in [3.05, 3.63) is 56.9 Å². The van der Waals surface area contributed by atoms with Crippen molar-refractivity contribution >= 4 is 17.9 Å². The summed E-state index contributed by atoms with van der Waals surface area (Å²) < 4.78 is 23.9. The van der Waals surface area contributed by atoms with Gasteiger partial charge >= 0.3 is 29.3 Å². The molecule has 0 radical (unpaired) electrons. The van der Waals surface area contributed by atoms with Crippen LogP contribution in [0.25, 0.3) is 0 Å². The molecule has 2 heterocycles. The van der Waals surface area contributed by atoms with Crippen molar-refractivity contribution in [1.82, 2.24) is 19.7 Å². The summed E-state index contributed by atoms with van der Waals surface area (Å²) in [5.41, 5.74) is -0.553. The number of carbonyl (C=O) groups excluding carboxylic acids is 3. The molecule has 1 fully saturated rings. The maximum Gasteiger partial charge on any atom is 0.347 e. The molecule has 190 valence electrons. The second-order valence-corrected chi connectivity index (χ2v) is 8.03.